The number of carbonyl (C=O) groups excluding carboxylic acids is 1. The molecule has 2 aromatic rings. The molecule has 0 N–H and O–H groups in total. The quantitative estimate of drug-likeness (QED) is 0.209. The third-order valence-electron chi connectivity index (χ3n) is 4.75. The molecular weight excluding hydrogens is 630 g/mol. The maximum atomic E-state index is 12.0. The fourth-order valence-corrected chi connectivity index (χ4v) is 4.00. The normalized spacial score (nSPS) is 13.9. The van der Waals surface area contributed by atoms with Crippen molar-refractivity contribution in [2.45, 2.75) is 39.2 Å². The van der Waals surface area contributed by atoms with Gasteiger partial charge in [-0.2, -0.15) is 0 Å². The molecule has 196 valence electrons. The molecular formula is C21H24Br2ClN5O7. The van der Waals surface area contributed by atoms with Crippen LogP contribution in [0.3, 0.4) is 0 Å². The molecule has 12 nitrogen and oxygen atoms in total. The summed E-state index contributed by atoms with van der Waals surface area (Å²) in [5, 5.41) is 21.3. The number of nitrogens with zero attached hydrogens (tertiary/aromatic N) is 5. The molecule has 0 atom stereocenters. The van der Waals surface area contributed by atoms with E-state index in [1.54, 1.807) is 4.90 Å². The number of amides is 1. The van der Waals surface area contributed by atoms with Crippen molar-refractivity contribution in [3.8, 4) is 5.75 Å². The van der Waals surface area contributed by atoms with Gasteiger partial charge < -0.3 is 14.4 Å². The standard InChI is InChI=1S/C16H22BrN3O5.C5H2BrClN2O2/c1-16(2,3)25-15(21)19-6-4-11(5-7-19)10-24-13-8-14(17)18-9-12(13)20(22)23;6-5-1-3(7)4(2-8-5)9(10)11/h8-9,11H,4-7,10H2,1-3H3;1-2H. The smallest absolute Gasteiger partial charge is 0.410 e. The lowest BCUT2D eigenvalue weighted by Gasteiger charge is -2.33. The summed E-state index contributed by atoms with van der Waals surface area (Å²) < 4.78 is 12.0. The maximum Gasteiger partial charge on any atom is 0.410 e. The summed E-state index contributed by atoms with van der Waals surface area (Å²) in [5.41, 5.74) is -0.852. The molecule has 0 radical (unpaired) electrons. The third kappa shape index (κ3) is 9.47. The molecule has 1 aliphatic heterocycles. The first-order valence-electron chi connectivity index (χ1n) is 10.6. The molecule has 1 fully saturated rings. The molecule has 0 bridgehead atoms. The van der Waals surface area contributed by atoms with Gasteiger partial charge in [-0.15, -0.1) is 0 Å². The van der Waals surface area contributed by atoms with Crippen LogP contribution >= 0.6 is 43.5 Å². The fraction of sp³-hybridized carbons (Fsp3) is 0.476. The molecule has 0 unspecified atom stereocenters. The number of piperidine rings is 1. The van der Waals surface area contributed by atoms with Gasteiger partial charge in [0, 0.05) is 19.2 Å². The van der Waals surface area contributed by atoms with Crippen LogP contribution in [0.1, 0.15) is 33.6 Å². The summed E-state index contributed by atoms with van der Waals surface area (Å²) in [5.74, 6) is 0.423. The zero-order chi connectivity index (χ0) is 27.0. The van der Waals surface area contributed by atoms with E-state index in [1.165, 1.54) is 18.3 Å². The summed E-state index contributed by atoms with van der Waals surface area (Å²) in [7, 11) is 0. The number of hydrogen-bond donors (Lipinski definition) is 0. The van der Waals surface area contributed by atoms with Gasteiger partial charge in [0.2, 0.25) is 5.75 Å². The topological polar surface area (TPSA) is 151 Å². The maximum absolute atomic E-state index is 12.0. The number of ether oxygens (including phenoxy) is 2. The monoisotopic (exact) mass is 651 g/mol. The van der Waals surface area contributed by atoms with Crippen LogP contribution in [0, 0.1) is 26.1 Å². The van der Waals surface area contributed by atoms with Crippen LogP contribution < -0.4 is 4.74 Å². The predicted molar refractivity (Wildman–Crippen MR) is 138 cm³/mol. The number of aromatic nitrogens is 2. The van der Waals surface area contributed by atoms with Crippen LogP contribution in [0.15, 0.2) is 33.7 Å². The molecule has 36 heavy (non-hydrogen) atoms. The summed E-state index contributed by atoms with van der Waals surface area (Å²) in [4.78, 5) is 41.4. The number of carbonyl (C=O) groups is 1. The first-order chi connectivity index (χ1) is 16.8. The van der Waals surface area contributed by atoms with Crippen molar-refractivity contribution < 1.29 is 24.1 Å². The summed E-state index contributed by atoms with van der Waals surface area (Å²) in [6.45, 7) is 7.05. The summed E-state index contributed by atoms with van der Waals surface area (Å²) in [6.07, 6.45) is 3.50. The summed E-state index contributed by atoms with van der Waals surface area (Å²) in [6, 6.07) is 2.87. The van der Waals surface area contributed by atoms with E-state index in [4.69, 9.17) is 21.1 Å². The van der Waals surface area contributed by atoms with Crippen molar-refractivity contribution in [3.05, 3.63) is 59.0 Å². The van der Waals surface area contributed by atoms with Gasteiger partial charge in [-0.05, 0) is 77.5 Å². The van der Waals surface area contributed by atoms with Crippen LogP contribution in [-0.4, -0.2) is 56.1 Å². The minimum Gasteiger partial charge on any atom is -0.486 e. The first-order valence-corrected chi connectivity index (χ1v) is 12.6. The SMILES string of the molecule is CC(C)(C)OC(=O)N1CCC(COc2cc(Br)ncc2[N+](=O)[O-])CC1.O=[N+]([O-])c1cnc(Br)cc1Cl. The van der Waals surface area contributed by atoms with Crippen molar-refractivity contribution in [2.24, 2.45) is 5.92 Å². The Balaban J connectivity index is 0.000000346. The van der Waals surface area contributed by atoms with Gasteiger partial charge in [0.1, 0.15) is 32.2 Å². The molecule has 1 aliphatic rings. The Morgan fingerprint density at radius 3 is 2.11 bits per heavy atom. The van der Waals surface area contributed by atoms with E-state index in [9.17, 15) is 25.0 Å². The van der Waals surface area contributed by atoms with Gasteiger partial charge in [0.05, 0.1) is 16.5 Å². The molecule has 1 amide bonds. The van der Waals surface area contributed by atoms with E-state index in [2.05, 4.69) is 41.8 Å². The summed E-state index contributed by atoms with van der Waals surface area (Å²) >= 11 is 11.7. The highest BCUT2D eigenvalue weighted by molar-refractivity contribution is 9.10. The van der Waals surface area contributed by atoms with Crippen LogP contribution in [0.5, 0.6) is 5.75 Å². The Kier molecular flexibility index (Phi) is 10.8. The van der Waals surface area contributed by atoms with Crippen molar-refractivity contribution in [1.82, 2.24) is 14.9 Å². The largest absolute Gasteiger partial charge is 0.486 e. The molecule has 3 rings (SSSR count). The lowest BCUT2D eigenvalue weighted by atomic mass is 9.98. The molecule has 0 aromatic carbocycles. The molecule has 3 heterocycles. The Hall–Kier alpha value is -2.58. The Morgan fingerprint density at radius 1 is 1.08 bits per heavy atom. The lowest BCUT2D eigenvalue weighted by Crippen LogP contribution is -2.42. The second-order valence-corrected chi connectivity index (χ2v) is 10.7. The van der Waals surface area contributed by atoms with Crippen molar-refractivity contribution in [3.63, 3.8) is 0 Å². The molecule has 2 aromatic heterocycles. The minimum absolute atomic E-state index is 0.0804. The third-order valence-corrected chi connectivity index (χ3v) is 5.92. The van der Waals surface area contributed by atoms with Crippen molar-refractivity contribution in [1.29, 1.82) is 0 Å². The van der Waals surface area contributed by atoms with Gasteiger partial charge in [-0.1, -0.05) is 11.6 Å². The molecule has 0 saturated carbocycles. The molecule has 1 saturated heterocycles. The number of halogens is 3. The lowest BCUT2D eigenvalue weighted by molar-refractivity contribution is -0.386. The van der Waals surface area contributed by atoms with Gasteiger partial charge >= 0.3 is 17.5 Å². The highest BCUT2D eigenvalue weighted by Crippen LogP contribution is 2.30. The van der Waals surface area contributed by atoms with Crippen LogP contribution in [0.2, 0.25) is 5.02 Å². The minimum atomic E-state index is -0.582. The number of nitro groups is 2. The Morgan fingerprint density at radius 2 is 1.61 bits per heavy atom. The highest BCUT2D eigenvalue weighted by atomic mass is 79.9. The predicted octanol–water partition coefficient (Wildman–Crippen LogP) is 6.18. The Bertz CT molecular complexity index is 1110. The fourth-order valence-electron chi connectivity index (χ4n) is 3.01. The van der Waals surface area contributed by atoms with Crippen LogP contribution in [0.4, 0.5) is 16.2 Å². The van der Waals surface area contributed by atoms with E-state index < -0.39 is 15.4 Å². The van der Waals surface area contributed by atoms with Crippen LogP contribution in [0.25, 0.3) is 0 Å². The van der Waals surface area contributed by atoms with Crippen LogP contribution in [-0.2, 0) is 4.74 Å². The van der Waals surface area contributed by atoms with Crippen molar-refractivity contribution >= 4 is 60.9 Å². The van der Waals surface area contributed by atoms with E-state index in [1.807, 2.05) is 20.8 Å². The molecule has 15 heteroatoms. The van der Waals surface area contributed by atoms with E-state index in [0.717, 1.165) is 19.0 Å². The van der Waals surface area contributed by atoms with Gasteiger partial charge in [-0.3, -0.25) is 20.2 Å². The second-order valence-electron chi connectivity index (χ2n) is 8.67. The van der Waals surface area contributed by atoms with Gasteiger partial charge in [0.25, 0.3) is 0 Å². The highest BCUT2D eigenvalue weighted by Gasteiger charge is 2.27. The zero-order valence-electron chi connectivity index (χ0n) is 19.6. The number of hydrogen-bond acceptors (Lipinski definition) is 9. The number of pyridine rings is 2. The van der Waals surface area contributed by atoms with E-state index in [0.29, 0.717) is 28.9 Å². The average molecular weight is 654 g/mol. The van der Waals surface area contributed by atoms with E-state index in [-0.39, 0.29) is 34.2 Å². The second kappa shape index (κ2) is 13.1. The molecule has 0 aliphatic carbocycles. The van der Waals surface area contributed by atoms with Crippen molar-refractivity contribution in [2.75, 3.05) is 19.7 Å². The first kappa shape index (κ1) is 29.6. The Labute approximate surface area is 228 Å². The number of likely N-dealkylation sites (tertiary alicyclic amines) is 1. The molecule has 0 spiro atoms. The van der Waals surface area contributed by atoms with Gasteiger partial charge in [0.15, 0.2) is 0 Å². The average Bonchev–Trinajstić information content (AvgIpc) is 2.77. The number of rotatable bonds is 5. The zero-order valence-corrected chi connectivity index (χ0v) is 23.6. The van der Waals surface area contributed by atoms with Gasteiger partial charge in [-0.25, -0.2) is 14.8 Å². The van der Waals surface area contributed by atoms with E-state index >= 15 is 0 Å².